The third kappa shape index (κ3) is 1.25. The molecule has 0 aliphatic rings. The van der Waals surface area contributed by atoms with E-state index in [0.29, 0.717) is 11.3 Å². The van der Waals surface area contributed by atoms with Crippen molar-refractivity contribution in [3.63, 3.8) is 0 Å². The zero-order chi connectivity index (χ0) is 9.30. The van der Waals surface area contributed by atoms with Crippen LogP contribution in [0, 0.1) is 13.8 Å². The van der Waals surface area contributed by atoms with E-state index in [0.717, 1.165) is 5.56 Å². The number of rotatable bonds is 1. The number of aryl methyl sites for hydroxylation is 1. The van der Waals surface area contributed by atoms with Crippen LogP contribution in [-0.2, 0) is 0 Å². The maximum absolute atomic E-state index is 10.5. The number of nitrogen functional groups attached to an aromatic ring is 1. The van der Waals surface area contributed by atoms with Gasteiger partial charge in [0.1, 0.15) is 0 Å². The molecule has 1 aromatic carbocycles. The lowest BCUT2D eigenvalue weighted by Crippen LogP contribution is -2.23. The summed E-state index contributed by atoms with van der Waals surface area (Å²) in [6.45, 7) is 3.51. The Hall–Kier alpha value is -1.51. The maximum atomic E-state index is 10.5. The first-order valence-corrected chi connectivity index (χ1v) is 3.61. The average Bonchev–Trinajstić information content (AvgIpc) is 2.00. The summed E-state index contributed by atoms with van der Waals surface area (Å²) in [7, 11) is 0. The monoisotopic (exact) mass is 164 g/mol. The van der Waals surface area contributed by atoms with Gasteiger partial charge < -0.3 is 15.6 Å². The highest BCUT2D eigenvalue weighted by Crippen LogP contribution is 2.19. The minimum atomic E-state index is -1.18. The molecule has 0 aliphatic carbocycles. The fraction of sp³-hybridized carbons (Fsp3) is 0.222. The number of benzene rings is 1. The van der Waals surface area contributed by atoms with Gasteiger partial charge in [-0.25, -0.2) is 0 Å². The van der Waals surface area contributed by atoms with E-state index in [1.165, 1.54) is 6.07 Å². The number of carboxylic acids is 1. The van der Waals surface area contributed by atoms with E-state index in [4.69, 9.17) is 5.73 Å². The number of nitrogens with two attached hydrogens (primary N) is 1. The van der Waals surface area contributed by atoms with Crippen molar-refractivity contribution in [3.8, 4) is 0 Å². The minimum Gasteiger partial charge on any atom is -0.545 e. The van der Waals surface area contributed by atoms with Gasteiger partial charge in [-0.1, -0.05) is 12.1 Å². The summed E-state index contributed by atoms with van der Waals surface area (Å²) >= 11 is 0. The number of carboxylic acid groups (broad SMARTS) is 1. The molecule has 0 atom stereocenters. The molecule has 0 aromatic heterocycles. The molecule has 0 saturated heterocycles. The van der Waals surface area contributed by atoms with Gasteiger partial charge in [-0.05, 0) is 25.0 Å². The molecule has 0 heterocycles. The van der Waals surface area contributed by atoms with Gasteiger partial charge in [0.05, 0.1) is 5.97 Å². The van der Waals surface area contributed by atoms with Crippen LogP contribution in [0.1, 0.15) is 21.5 Å². The van der Waals surface area contributed by atoms with Crippen molar-refractivity contribution in [3.05, 3.63) is 28.8 Å². The summed E-state index contributed by atoms with van der Waals surface area (Å²) in [6, 6.07) is 3.18. The van der Waals surface area contributed by atoms with Gasteiger partial charge in [0.15, 0.2) is 0 Å². The van der Waals surface area contributed by atoms with Crippen LogP contribution >= 0.6 is 0 Å². The molecular formula is C9H10NO2-. The first-order valence-electron chi connectivity index (χ1n) is 3.61. The van der Waals surface area contributed by atoms with Crippen LogP contribution in [0.3, 0.4) is 0 Å². The molecule has 0 aliphatic heterocycles. The zero-order valence-electron chi connectivity index (χ0n) is 7.05. The van der Waals surface area contributed by atoms with E-state index in [2.05, 4.69) is 0 Å². The number of carbonyl (C=O) groups is 1. The SMILES string of the molecule is Cc1ccc(C(=O)[O-])c(C)c1N. The van der Waals surface area contributed by atoms with Gasteiger partial charge in [0.2, 0.25) is 0 Å². The molecule has 12 heavy (non-hydrogen) atoms. The first kappa shape index (κ1) is 8.59. The third-order valence-corrected chi connectivity index (χ3v) is 1.95. The fourth-order valence-electron chi connectivity index (χ4n) is 1.09. The molecule has 3 nitrogen and oxygen atoms in total. The second kappa shape index (κ2) is 2.85. The predicted octanol–water partition coefficient (Wildman–Crippen LogP) is 0.249. The van der Waals surface area contributed by atoms with Crippen LogP contribution < -0.4 is 10.8 Å². The largest absolute Gasteiger partial charge is 0.545 e. The topological polar surface area (TPSA) is 66.1 Å². The van der Waals surface area contributed by atoms with E-state index in [-0.39, 0.29) is 5.56 Å². The number of aromatic carboxylic acids is 1. The number of hydrogen-bond acceptors (Lipinski definition) is 3. The molecule has 2 N–H and O–H groups in total. The van der Waals surface area contributed by atoms with E-state index in [9.17, 15) is 9.90 Å². The Morgan fingerprint density at radius 2 is 2.00 bits per heavy atom. The summed E-state index contributed by atoms with van der Waals surface area (Å²) in [4.78, 5) is 10.5. The van der Waals surface area contributed by atoms with Crippen molar-refractivity contribution in [2.75, 3.05) is 5.73 Å². The van der Waals surface area contributed by atoms with Gasteiger partial charge in [-0.15, -0.1) is 0 Å². The van der Waals surface area contributed by atoms with Gasteiger partial charge in [0, 0.05) is 11.3 Å². The van der Waals surface area contributed by atoms with Gasteiger partial charge in [-0.2, -0.15) is 0 Å². The summed E-state index contributed by atoms with van der Waals surface area (Å²) in [5.74, 6) is -1.18. The van der Waals surface area contributed by atoms with Crippen LogP contribution in [0.5, 0.6) is 0 Å². The Morgan fingerprint density at radius 1 is 1.42 bits per heavy atom. The number of anilines is 1. The average molecular weight is 164 g/mol. The number of carbonyl (C=O) groups excluding carboxylic acids is 1. The quantitative estimate of drug-likeness (QED) is 0.605. The normalized spacial score (nSPS) is 9.83. The molecule has 0 fully saturated rings. The summed E-state index contributed by atoms with van der Waals surface area (Å²) in [5, 5.41) is 10.5. The van der Waals surface area contributed by atoms with Crippen molar-refractivity contribution >= 4 is 11.7 Å². The lowest BCUT2D eigenvalue weighted by Gasteiger charge is -2.10. The van der Waals surface area contributed by atoms with Crippen LogP contribution in [0.2, 0.25) is 0 Å². The highest BCUT2D eigenvalue weighted by molar-refractivity contribution is 5.89. The van der Waals surface area contributed by atoms with Crippen molar-refractivity contribution < 1.29 is 9.90 Å². The van der Waals surface area contributed by atoms with E-state index >= 15 is 0 Å². The van der Waals surface area contributed by atoms with Crippen molar-refractivity contribution in [2.24, 2.45) is 0 Å². The standard InChI is InChI=1S/C9H11NO2/c1-5-3-4-7(9(11)12)6(2)8(5)10/h3-4H,10H2,1-2H3,(H,11,12)/p-1. The Balaban J connectivity index is 3.36. The van der Waals surface area contributed by atoms with Gasteiger partial charge in [-0.3, -0.25) is 0 Å². The van der Waals surface area contributed by atoms with Crippen molar-refractivity contribution in [1.29, 1.82) is 0 Å². The van der Waals surface area contributed by atoms with Gasteiger partial charge >= 0.3 is 0 Å². The van der Waals surface area contributed by atoms with Crippen molar-refractivity contribution in [2.45, 2.75) is 13.8 Å². The van der Waals surface area contributed by atoms with E-state index in [1.54, 1.807) is 13.0 Å². The molecule has 1 rings (SSSR count). The summed E-state index contributed by atoms with van der Waals surface area (Å²) < 4.78 is 0. The molecule has 64 valence electrons. The molecule has 3 heteroatoms. The van der Waals surface area contributed by atoms with Crippen LogP contribution in [0.25, 0.3) is 0 Å². The Morgan fingerprint density at radius 3 is 2.50 bits per heavy atom. The molecule has 0 unspecified atom stereocenters. The van der Waals surface area contributed by atoms with Crippen molar-refractivity contribution in [1.82, 2.24) is 0 Å². The third-order valence-electron chi connectivity index (χ3n) is 1.95. The van der Waals surface area contributed by atoms with Crippen LogP contribution in [-0.4, -0.2) is 5.97 Å². The first-order chi connectivity index (χ1) is 5.54. The van der Waals surface area contributed by atoms with E-state index < -0.39 is 5.97 Å². The molecule has 0 spiro atoms. The van der Waals surface area contributed by atoms with Gasteiger partial charge in [0.25, 0.3) is 0 Å². The second-order valence-electron chi connectivity index (χ2n) is 2.76. The van der Waals surface area contributed by atoms with Crippen LogP contribution in [0.15, 0.2) is 12.1 Å². The molecule has 0 bridgehead atoms. The Kier molecular flexibility index (Phi) is 2.04. The fourth-order valence-corrected chi connectivity index (χ4v) is 1.09. The lowest BCUT2D eigenvalue weighted by atomic mass is 10.0. The highest BCUT2D eigenvalue weighted by Gasteiger charge is 2.03. The zero-order valence-corrected chi connectivity index (χ0v) is 7.05. The Labute approximate surface area is 70.8 Å². The second-order valence-corrected chi connectivity index (χ2v) is 2.76. The minimum absolute atomic E-state index is 0.165. The molecular weight excluding hydrogens is 154 g/mol. The maximum Gasteiger partial charge on any atom is 0.0718 e. The molecule has 1 aromatic rings. The highest BCUT2D eigenvalue weighted by atomic mass is 16.4. The molecule has 0 amide bonds. The Bertz CT molecular complexity index is 332. The smallest absolute Gasteiger partial charge is 0.0718 e. The summed E-state index contributed by atoms with van der Waals surface area (Å²) in [6.07, 6.45) is 0. The van der Waals surface area contributed by atoms with E-state index in [1.807, 2.05) is 6.92 Å². The summed E-state index contributed by atoms with van der Waals surface area (Å²) in [5.41, 5.74) is 7.78. The molecule has 0 saturated carbocycles. The molecule has 0 radical (unpaired) electrons. The number of hydrogen-bond donors (Lipinski definition) is 1. The van der Waals surface area contributed by atoms with Crippen LogP contribution in [0.4, 0.5) is 5.69 Å². The lowest BCUT2D eigenvalue weighted by molar-refractivity contribution is -0.255. The predicted molar refractivity (Wildman–Crippen MR) is 44.7 cm³/mol.